The van der Waals surface area contributed by atoms with Crippen LogP contribution in [-0.2, 0) is 20.9 Å². The molecule has 31 heavy (non-hydrogen) atoms. The fourth-order valence-corrected chi connectivity index (χ4v) is 3.35. The maximum atomic E-state index is 13.1. The Bertz CT molecular complexity index is 1050. The molecule has 0 unspecified atom stereocenters. The van der Waals surface area contributed by atoms with E-state index in [2.05, 4.69) is 26.0 Å². The van der Waals surface area contributed by atoms with Crippen molar-refractivity contribution in [1.82, 2.24) is 10.2 Å². The average molecular weight is 493 g/mol. The van der Waals surface area contributed by atoms with Crippen molar-refractivity contribution in [3.8, 4) is 11.5 Å². The number of hydrogen-bond donors (Lipinski definition) is 1. The highest BCUT2D eigenvalue weighted by Crippen LogP contribution is 2.38. The van der Waals surface area contributed by atoms with Crippen molar-refractivity contribution in [3.05, 3.63) is 63.5 Å². The maximum absolute atomic E-state index is 13.1. The second-order valence-electron chi connectivity index (χ2n) is 6.40. The summed E-state index contributed by atoms with van der Waals surface area (Å²) >= 11 is 3.42. The quantitative estimate of drug-likeness (QED) is 0.362. The van der Waals surface area contributed by atoms with Gasteiger partial charge in [0.15, 0.2) is 11.5 Å². The molecule has 1 heterocycles. The number of amides is 3. The molecule has 0 aromatic heterocycles. The number of carbonyl (C=O) groups excluding carboxylic acids is 3. The fraction of sp³-hybridized carbons (Fsp3) is 0.190. The molecular formula is C21H18BrFN2O6. The molecule has 1 saturated heterocycles. The van der Waals surface area contributed by atoms with Crippen molar-refractivity contribution in [2.75, 3.05) is 20.8 Å². The van der Waals surface area contributed by atoms with E-state index in [9.17, 15) is 18.8 Å². The highest BCUT2D eigenvalue weighted by atomic mass is 79.9. The first-order valence-corrected chi connectivity index (χ1v) is 9.77. The topological polar surface area (TPSA) is 94.2 Å². The first-order valence-electron chi connectivity index (χ1n) is 8.98. The van der Waals surface area contributed by atoms with E-state index in [-0.39, 0.29) is 18.1 Å². The Hall–Kier alpha value is -3.40. The molecule has 1 N–H and O–H groups in total. The van der Waals surface area contributed by atoms with E-state index < -0.39 is 24.5 Å². The van der Waals surface area contributed by atoms with Gasteiger partial charge in [0.05, 0.1) is 18.7 Å². The monoisotopic (exact) mass is 492 g/mol. The van der Waals surface area contributed by atoms with E-state index in [1.807, 2.05) is 0 Å². The minimum Gasteiger partial charge on any atom is -0.493 e. The summed E-state index contributed by atoms with van der Waals surface area (Å²) in [5, 5.41) is 2.43. The third kappa shape index (κ3) is 5.21. The van der Waals surface area contributed by atoms with Gasteiger partial charge >= 0.3 is 12.0 Å². The van der Waals surface area contributed by atoms with Crippen LogP contribution < -0.4 is 14.8 Å². The Kier molecular flexibility index (Phi) is 6.91. The number of ether oxygens (including phenoxy) is 3. The number of urea groups is 1. The molecular weight excluding hydrogens is 475 g/mol. The molecule has 2 aromatic carbocycles. The number of esters is 1. The Morgan fingerprint density at radius 1 is 1.19 bits per heavy atom. The number of nitrogens with one attached hydrogen (secondary N) is 1. The third-order valence-corrected chi connectivity index (χ3v) is 4.93. The van der Waals surface area contributed by atoms with Gasteiger partial charge in [0, 0.05) is 0 Å². The van der Waals surface area contributed by atoms with E-state index in [0.717, 1.165) is 10.5 Å². The summed E-state index contributed by atoms with van der Waals surface area (Å²) in [5.41, 5.74) is 1.32. The summed E-state index contributed by atoms with van der Waals surface area (Å²) in [6.45, 7) is -0.297. The molecule has 10 heteroatoms. The second kappa shape index (κ2) is 9.61. The van der Waals surface area contributed by atoms with Crippen molar-refractivity contribution in [2.45, 2.75) is 6.61 Å². The van der Waals surface area contributed by atoms with Crippen LogP contribution in [0.1, 0.15) is 11.1 Å². The van der Waals surface area contributed by atoms with Crippen LogP contribution in [-0.4, -0.2) is 43.6 Å². The van der Waals surface area contributed by atoms with Gasteiger partial charge in [-0.3, -0.25) is 9.59 Å². The van der Waals surface area contributed by atoms with E-state index in [0.29, 0.717) is 21.5 Å². The molecule has 3 amide bonds. The normalized spacial score (nSPS) is 14.6. The van der Waals surface area contributed by atoms with Crippen LogP contribution in [0.25, 0.3) is 6.08 Å². The van der Waals surface area contributed by atoms with Gasteiger partial charge in [0.2, 0.25) is 0 Å². The van der Waals surface area contributed by atoms with Gasteiger partial charge in [-0.15, -0.1) is 0 Å². The highest BCUT2D eigenvalue weighted by molar-refractivity contribution is 9.10. The predicted octanol–water partition coefficient (Wildman–Crippen LogP) is 3.24. The fourth-order valence-electron chi connectivity index (χ4n) is 2.77. The number of hydrogen-bond acceptors (Lipinski definition) is 6. The molecule has 0 radical (unpaired) electrons. The van der Waals surface area contributed by atoms with Gasteiger partial charge < -0.3 is 19.5 Å². The SMILES string of the molecule is COC(=O)CN1C(=O)N/C(=C/c2cc(Br)c(OCc3ccc(F)cc3)c(OC)c2)C1=O. The zero-order chi connectivity index (χ0) is 22.5. The van der Waals surface area contributed by atoms with Gasteiger partial charge in [-0.05, 0) is 57.4 Å². The zero-order valence-corrected chi connectivity index (χ0v) is 18.2. The van der Waals surface area contributed by atoms with Crippen molar-refractivity contribution >= 4 is 39.9 Å². The van der Waals surface area contributed by atoms with Crippen molar-refractivity contribution in [2.24, 2.45) is 0 Å². The lowest BCUT2D eigenvalue weighted by Crippen LogP contribution is -2.36. The van der Waals surface area contributed by atoms with Crippen molar-refractivity contribution in [1.29, 1.82) is 0 Å². The van der Waals surface area contributed by atoms with Gasteiger partial charge in [-0.25, -0.2) is 14.1 Å². The molecule has 0 saturated carbocycles. The molecule has 3 rings (SSSR count). The van der Waals surface area contributed by atoms with E-state index >= 15 is 0 Å². The Balaban J connectivity index is 1.80. The number of nitrogens with zero attached hydrogens (tertiary/aromatic N) is 1. The maximum Gasteiger partial charge on any atom is 0.329 e. The molecule has 1 fully saturated rings. The van der Waals surface area contributed by atoms with Gasteiger partial charge in [-0.2, -0.15) is 0 Å². The van der Waals surface area contributed by atoms with E-state index in [1.165, 1.54) is 32.4 Å². The summed E-state index contributed by atoms with van der Waals surface area (Å²) in [4.78, 5) is 36.6. The van der Waals surface area contributed by atoms with Gasteiger partial charge in [-0.1, -0.05) is 12.1 Å². The Labute approximate surface area is 185 Å². The summed E-state index contributed by atoms with van der Waals surface area (Å²) in [7, 11) is 2.63. The van der Waals surface area contributed by atoms with Crippen molar-refractivity contribution in [3.63, 3.8) is 0 Å². The molecule has 1 aliphatic rings. The van der Waals surface area contributed by atoms with E-state index in [1.54, 1.807) is 24.3 Å². The van der Waals surface area contributed by atoms with Gasteiger partial charge in [0.1, 0.15) is 24.7 Å². The lowest BCUT2D eigenvalue weighted by Gasteiger charge is -2.14. The summed E-state index contributed by atoms with van der Waals surface area (Å²) in [6, 6.07) is 8.50. The van der Waals surface area contributed by atoms with Crippen LogP contribution >= 0.6 is 15.9 Å². The number of halogens is 2. The minimum atomic E-state index is -0.716. The largest absolute Gasteiger partial charge is 0.493 e. The predicted molar refractivity (Wildman–Crippen MR) is 112 cm³/mol. The molecule has 1 aliphatic heterocycles. The average Bonchev–Trinajstić information content (AvgIpc) is 3.01. The van der Waals surface area contributed by atoms with Crippen molar-refractivity contribution < 1.29 is 33.0 Å². The number of carbonyl (C=O) groups is 3. The van der Waals surface area contributed by atoms with Crippen LogP contribution in [0.15, 0.2) is 46.6 Å². The lowest BCUT2D eigenvalue weighted by atomic mass is 10.1. The number of benzene rings is 2. The molecule has 0 bridgehead atoms. The Morgan fingerprint density at radius 2 is 1.90 bits per heavy atom. The summed E-state index contributed by atoms with van der Waals surface area (Å²) in [5.74, 6) is -0.896. The molecule has 8 nitrogen and oxygen atoms in total. The second-order valence-corrected chi connectivity index (χ2v) is 7.26. The number of rotatable bonds is 7. The molecule has 162 valence electrons. The lowest BCUT2D eigenvalue weighted by molar-refractivity contribution is -0.143. The van der Waals surface area contributed by atoms with Gasteiger partial charge in [0.25, 0.3) is 5.91 Å². The first-order chi connectivity index (χ1) is 14.8. The molecule has 0 atom stereocenters. The standard InChI is InChI=1S/C21H18BrFN2O6/c1-29-17-9-13(8-16-20(27)25(21(28)24-16)10-18(26)30-2)7-15(22)19(17)31-11-12-3-5-14(23)6-4-12/h3-9H,10-11H2,1-2H3,(H,24,28)/b16-8+. The highest BCUT2D eigenvalue weighted by Gasteiger charge is 2.35. The zero-order valence-electron chi connectivity index (χ0n) is 16.6. The minimum absolute atomic E-state index is 0.00263. The number of methoxy groups -OCH3 is 2. The molecule has 0 spiro atoms. The third-order valence-electron chi connectivity index (χ3n) is 4.34. The number of imide groups is 1. The smallest absolute Gasteiger partial charge is 0.329 e. The summed E-state index contributed by atoms with van der Waals surface area (Å²) in [6.07, 6.45) is 1.45. The summed E-state index contributed by atoms with van der Waals surface area (Å²) < 4.78 is 29.3. The van der Waals surface area contributed by atoms with Crippen LogP contribution in [0.5, 0.6) is 11.5 Å². The Morgan fingerprint density at radius 3 is 2.55 bits per heavy atom. The van der Waals surface area contributed by atoms with Crippen LogP contribution in [0.2, 0.25) is 0 Å². The van der Waals surface area contributed by atoms with Crippen LogP contribution in [0.3, 0.4) is 0 Å². The molecule has 0 aliphatic carbocycles. The van der Waals surface area contributed by atoms with Crippen LogP contribution in [0, 0.1) is 5.82 Å². The van der Waals surface area contributed by atoms with Crippen LogP contribution in [0.4, 0.5) is 9.18 Å². The first kappa shape index (κ1) is 22.3. The molecule has 2 aromatic rings. The van der Waals surface area contributed by atoms with E-state index in [4.69, 9.17) is 9.47 Å².